The molecule has 0 aliphatic heterocycles. The van der Waals surface area contributed by atoms with Crippen molar-refractivity contribution in [3.63, 3.8) is 0 Å². The maximum atomic E-state index is 12.3. The van der Waals surface area contributed by atoms with Crippen LogP contribution in [0.5, 0.6) is 0 Å². The van der Waals surface area contributed by atoms with Crippen molar-refractivity contribution >= 4 is 16.9 Å². The number of hydrogen-bond donors (Lipinski definition) is 2. The van der Waals surface area contributed by atoms with E-state index in [1.165, 1.54) is 0 Å². The summed E-state index contributed by atoms with van der Waals surface area (Å²) in [5.41, 5.74) is 2.03. The highest BCUT2D eigenvalue weighted by atomic mass is 16.3. The highest BCUT2D eigenvalue weighted by molar-refractivity contribution is 5.80. The van der Waals surface area contributed by atoms with E-state index < -0.39 is 6.10 Å². The second kappa shape index (κ2) is 6.08. The first-order chi connectivity index (χ1) is 10.6. The zero-order valence-electron chi connectivity index (χ0n) is 13.1. The monoisotopic (exact) mass is 301 g/mol. The van der Waals surface area contributed by atoms with Crippen LogP contribution in [-0.4, -0.2) is 26.7 Å². The number of nitrogens with zero attached hydrogens (tertiary/aromatic N) is 2. The number of rotatable bonds is 4. The molecule has 0 saturated heterocycles. The van der Waals surface area contributed by atoms with Gasteiger partial charge in [-0.3, -0.25) is 4.79 Å². The first-order valence-corrected chi connectivity index (χ1v) is 8.05. The van der Waals surface area contributed by atoms with Crippen molar-refractivity contribution in [1.29, 1.82) is 0 Å². The summed E-state index contributed by atoms with van der Waals surface area (Å²) < 4.78 is 2.13. The van der Waals surface area contributed by atoms with E-state index in [0.717, 1.165) is 42.7 Å². The van der Waals surface area contributed by atoms with Crippen LogP contribution in [0.1, 0.15) is 45.0 Å². The SMILES string of the molecule is CCn1c(C(C)NC(=O)C2CCCC2O)nc2ccccc21. The Balaban J connectivity index is 1.82. The molecule has 3 rings (SSSR count). The second-order valence-electron chi connectivity index (χ2n) is 6.04. The lowest BCUT2D eigenvalue weighted by molar-refractivity contribution is -0.128. The van der Waals surface area contributed by atoms with Crippen molar-refractivity contribution in [2.24, 2.45) is 5.92 Å². The molecule has 1 fully saturated rings. The van der Waals surface area contributed by atoms with Gasteiger partial charge in [0.25, 0.3) is 0 Å². The second-order valence-corrected chi connectivity index (χ2v) is 6.04. The Hall–Kier alpha value is -1.88. The third-order valence-electron chi connectivity index (χ3n) is 4.56. The molecule has 3 unspecified atom stereocenters. The smallest absolute Gasteiger partial charge is 0.226 e. The third kappa shape index (κ3) is 2.61. The summed E-state index contributed by atoms with van der Waals surface area (Å²) >= 11 is 0. The number of aliphatic hydroxyl groups is 1. The molecule has 1 aromatic carbocycles. The van der Waals surface area contributed by atoms with E-state index in [0.29, 0.717) is 0 Å². The van der Waals surface area contributed by atoms with Crippen molar-refractivity contribution in [1.82, 2.24) is 14.9 Å². The van der Waals surface area contributed by atoms with Crippen LogP contribution in [0.4, 0.5) is 0 Å². The van der Waals surface area contributed by atoms with Crippen LogP contribution in [0.15, 0.2) is 24.3 Å². The zero-order valence-corrected chi connectivity index (χ0v) is 13.1. The van der Waals surface area contributed by atoms with E-state index in [1.54, 1.807) is 0 Å². The van der Waals surface area contributed by atoms with Crippen LogP contribution in [0, 0.1) is 5.92 Å². The lowest BCUT2D eigenvalue weighted by Crippen LogP contribution is -2.37. The lowest BCUT2D eigenvalue weighted by Gasteiger charge is -2.19. The highest BCUT2D eigenvalue weighted by Crippen LogP contribution is 2.27. The molecule has 1 aromatic heterocycles. The molecule has 2 N–H and O–H groups in total. The van der Waals surface area contributed by atoms with Gasteiger partial charge in [-0.1, -0.05) is 12.1 Å². The number of imidazole rings is 1. The molecular formula is C17H23N3O2. The van der Waals surface area contributed by atoms with E-state index in [1.807, 2.05) is 31.2 Å². The maximum absolute atomic E-state index is 12.3. The highest BCUT2D eigenvalue weighted by Gasteiger charge is 2.32. The molecule has 1 amide bonds. The fourth-order valence-electron chi connectivity index (χ4n) is 3.39. The van der Waals surface area contributed by atoms with Crippen LogP contribution in [0.3, 0.4) is 0 Å². The molecule has 1 aliphatic rings. The molecule has 2 aromatic rings. The molecule has 3 atom stereocenters. The van der Waals surface area contributed by atoms with Gasteiger partial charge in [0.05, 0.1) is 29.1 Å². The largest absolute Gasteiger partial charge is 0.392 e. The molecule has 0 spiro atoms. The Morgan fingerprint density at radius 2 is 2.23 bits per heavy atom. The predicted molar refractivity (Wildman–Crippen MR) is 85.3 cm³/mol. The molecule has 118 valence electrons. The average molecular weight is 301 g/mol. The van der Waals surface area contributed by atoms with Crippen LogP contribution in [0.2, 0.25) is 0 Å². The predicted octanol–water partition coefficient (Wildman–Crippen LogP) is 2.39. The number of nitrogens with one attached hydrogen (secondary N) is 1. The molecule has 22 heavy (non-hydrogen) atoms. The summed E-state index contributed by atoms with van der Waals surface area (Å²) in [6.45, 7) is 4.83. The summed E-state index contributed by atoms with van der Waals surface area (Å²) in [5.74, 6) is 0.527. The minimum Gasteiger partial charge on any atom is -0.392 e. The molecular weight excluding hydrogens is 278 g/mol. The number of carbonyl (C=O) groups is 1. The normalized spacial score (nSPS) is 22.9. The van der Waals surface area contributed by atoms with Gasteiger partial charge in [-0.2, -0.15) is 0 Å². The number of amides is 1. The van der Waals surface area contributed by atoms with Crippen molar-refractivity contribution in [3.05, 3.63) is 30.1 Å². The number of fused-ring (bicyclic) bond motifs is 1. The van der Waals surface area contributed by atoms with Gasteiger partial charge in [0.1, 0.15) is 5.82 Å². The summed E-state index contributed by atoms with van der Waals surface area (Å²) in [6, 6.07) is 7.83. The average Bonchev–Trinajstić information content (AvgIpc) is 3.10. The molecule has 0 bridgehead atoms. The van der Waals surface area contributed by atoms with Gasteiger partial charge in [0, 0.05) is 6.54 Å². The van der Waals surface area contributed by atoms with Crippen molar-refractivity contribution < 1.29 is 9.90 Å². The standard InChI is InChI=1S/C17H23N3O2/c1-3-20-14-9-5-4-8-13(14)19-16(20)11(2)18-17(22)12-7-6-10-15(12)21/h4-5,8-9,11-12,15,21H,3,6-7,10H2,1-2H3,(H,18,22). The minimum atomic E-state index is -0.503. The summed E-state index contributed by atoms with van der Waals surface area (Å²) in [7, 11) is 0. The third-order valence-corrected chi connectivity index (χ3v) is 4.56. The fraction of sp³-hybridized carbons (Fsp3) is 0.529. The number of aromatic nitrogens is 2. The number of aryl methyl sites for hydroxylation is 1. The maximum Gasteiger partial charge on any atom is 0.226 e. The Kier molecular flexibility index (Phi) is 4.16. The van der Waals surface area contributed by atoms with Crippen LogP contribution in [0.25, 0.3) is 11.0 Å². The van der Waals surface area contributed by atoms with E-state index in [2.05, 4.69) is 21.8 Å². The van der Waals surface area contributed by atoms with Gasteiger partial charge in [-0.05, 0) is 45.2 Å². The molecule has 0 radical (unpaired) electrons. The summed E-state index contributed by atoms with van der Waals surface area (Å²) in [6.07, 6.45) is 1.91. The van der Waals surface area contributed by atoms with Crippen molar-refractivity contribution in [3.8, 4) is 0 Å². The van der Waals surface area contributed by atoms with Gasteiger partial charge in [0.15, 0.2) is 0 Å². The van der Waals surface area contributed by atoms with Crippen LogP contribution < -0.4 is 5.32 Å². The number of para-hydroxylation sites is 2. The molecule has 1 heterocycles. The van der Waals surface area contributed by atoms with E-state index in [-0.39, 0.29) is 17.9 Å². The van der Waals surface area contributed by atoms with Crippen LogP contribution in [-0.2, 0) is 11.3 Å². The first-order valence-electron chi connectivity index (χ1n) is 8.05. The molecule has 5 heteroatoms. The molecule has 5 nitrogen and oxygen atoms in total. The van der Waals surface area contributed by atoms with E-state index in [4.69, 9.17) is 0 Å². The quantitative estimate of drug-likeness (QED) is 0.911. The number of aliphatic hydroxyl groups excluding tert-OH is 1. The van der Waals surface area contributed by atoms with Crippen molar-refractivity contribution in [2.75, 3.05) is 0 Å². The zero-order chi connectivity index (χ0) is 15.7. The first kappa shape index (κ1) is 15.0. The Bertz CT molecular complexity index is 680. The Morgan fingerprint density at radius 1 is 1.45 bits per heavy atom. The topological polar surface area (TPSA) is 67.2 Å². The molecule has 1 saturated carbocycles. The Labute approximate surface area is 130 Å². The van der Waals surface area contributed by atoms with Crippen LogP contribution >= 0.6 is 0 Å². The summed E-state index contributed by atoms with van der Waals surface area (Å²) in [4.78, 5) is 17.0. The van der Waals surface area contributed by atoms with Gasteiger partial charge < -0.3 is 15.0 Å². The van der Waals surface area contributed by atoms with E-state index >= 15 is 0 Å². The van der Waals surface area contributed by atoms with Gasteiger partial charge in [0.2, 0.25) is 5.91 Å². The minimum absolute atomic E-state index is 0.0628. The van der Waals surface area contributed by atoms with Gasteiger partial charge in [-0.25, -0.2) is 4.98 Å². The Morgan fingerprint density at radius 3 is 2.91 bits per heavy atom. The van der Waals surface area contributed by atoms with Gasteiger partial charge >= 0.3 is 0 Å². The number of hydrogen-bond acceptors (Lipinski definition) is 3. The lowest BCUT2D eigenvalue weighted by atomic mass is 10.0. The fourth-order valence-corrected chi connectivity index (χ4v) is 3.39. The van der Waals surface area contributed by atoms with Crippen molar-refractivity contribution in [2.45, 2.75) is 51.8 Å². The molecule has 1 aliphatic carbocycles. The number of carbonyl (C=O) groups excluding carboxylic acids is 1. The van der Waals surface area contributed by atoms with Gasteiger partial charge in [-0.15, -0.1) is 0 Å². The number of benzene rings is 1. The summed E-state index contributed by atoms with van der Waals surface area (Å²) in [5, 5.41) is 12.9. The van der Waals surface area contributed by atoms with E-state index in [9.17, 15) is 9.90 Å².